The number of carboxylic acids is 1. The number of hydrogen-bond donors (Lipinski definition) is 2. The molecule has 3 N–H and O–H groups in total. The number of nitrogens with zero attached hydrogens (tertiary/aromatic N) is 1. The Labute approximate surface area is 88.2 Å². The van der Waals surface area contributed by atoms with Crippen LogP contribution in [0, 0.1) is 12.7 Å². The molecule has 0 aliphatic heterocycles. The lowest BCUT2D eigenvalue weighted by Crippen LogP contribution is -2.01. The van der Waals surface area contributed by atoms with E-state index in [9.17, 15) is 9.18 Å². The largest absolute Gasteiger partial charge is 0.478 e. The Morgan fingerprint density at radius 2 is 2.33 bits per heavy atom. The van der Waals surface area contributed by atoms with Crippen LogP contribution in [0.15, 0.2) is 6.07 Å². The fraction of sp³-hybridized carbons (Fsp3) is 0.111. The molecule has 2 rings (SSSR count). The van der Waals surface area contributed by atoms with Gasteiger partial charge in [0.1, 0.15) is 5.52 Å². The maximum Gasteiger partial charge on any atom is 0.336 e. The molecule has 0 aliphatic carbocycles. The van der Waals surface area contributed by atoms with Gasteiger partial charge in [0.05, 0.1) is 10.3 Å². The molecule has 0 aliphatic rings. The Morgan fingerprint density at radius 1 is 1.67 bits per heavy atom. The van der Waals surface area contributed by atoms with Crippen molar-refractivity contribution in [3.63, 3.8) is 0 Å². The maximum absolute atomic E-state index is 13.7. The van der Waals surface area contributed by atoms with Crippen LogP contribution in [0.5, 0.6) is 0 Å². The molecule has 4 nitrogen and oxygen atoms in total. The van der Waals surface area contributed by atoms with Crippen molar-refractivity contribution in [1.82, 2.24) is 4.98 Å². The number of thiazole rings is 1. The summed E-state index contributed by atoms with van der Waals surface area (Å²) in [5.74, 6) is -1.77. The number of aromatic carboxylic acids is 1. The Morgan fingerprint density at radius 3 is 2.93 bits per heavy atom. The first-order valence-corrected chi connectivity index (χ1v) is 4.90. The van der Waals surface area contributed by atoms with E-state index in [1.54, 1.807) is 0 Å². The van der Waals surface area contributed by atoms with Crippen molar-refractivity contribution in [1.29, 1.82) is 0 Å². The van der Waals surface area contributed by atoms with Crippen LogP contribution in [0.2, 0.25) is 0 Å². The number of carbonyl (C=O) groups is 1. The second kappa shape index (κ2) is 3.16. The second-order valence-electron chi connectivity index (χ2n) is 3.07. The minimum absolute atomic E-state index is 0.0522. The summed E-state index contributed by atoms with van der Waals surface area (Å²) in [6.45, 7) is 1.41. The van der Waals surface area contributed by atoms with E-state index in [1.165, 1.54) is 13.0 Å². The standard InChI is InChI=1S/C9H7FN2O2S/c1-3-4(8(13)14)2-5-7(6(3)10)12-9(11)15-5/h2H,1H3,(H2,11,12)(H,13,14). The van der Waals surface area contributed by atoms with Gasteiger partial charge in [-0.2, -0.15) is 0 Å². The fourth-order valence-corrected chi connectivity index (χ4v) is 2.13. The number of fused-ring (bicyclic) bond motifs is 1. The van der Waals surface area contributed by atoms with Crippen LogP contribution in [0.4, 0.5) is 9.52 Å². The third-order valence-corrected chi connectivity index (χ3v) is 2.95. The zero-order chi connectivity index (χ0) is 11.2. The molecule has 0 amide bonds. The number of carboxylic acid groups (broad SMARTS) is 1. The summed E-state index contributed by atoms with van der Waals surface area (Å²) in [6, 6.07) is 1.39. The van der Waals surface area contributed by atoms with Crippen LogP contribution < -0.4 is 5.73 Å². The first kappa shape index (κ1) is 9.85. The third-order valence-electron chi connectivity index (χ3n) is 2.12. The summed E-state index contributed by atoms with van der Waals surface area (Å²) >= 11 is 1.07. The minimum Gasteiger partial charge on any atom is -0.478 e. The van der Waals surface area contributed by atoms with Gasteiger partial charge in [0.2, 0.25) is 0 Å². The van der Waals surface area contributed by atoms with Crippen molar-refractivity contribution in [3.05, 3.63) is 23.0 Å². The Kier molecular flexibility index (Phi) is 2.08. The van der Waals surface area contributed by atoms with Crippen molar-refractivity contribution in [3.8, 4) is 0 Å². The zero-order valence-electron chi connectivity index (χ0n) is 7.74. The van der Waals surface area contributed by atoms with Gasteiger partial charge in [-0.15, -0.1) is 0 Å². The smallest absolute Gasteiger partial charge is 0.336 e. The minimum atomic E-state index is -1.15. The van der Waals surface area contributed by atoms with Crippen LogP contribution >= 0.6 is 11.3 Å². The topological polar surface area (TPSA) is 76.2 Å². The van der Waals surface area contributed by atoms with Gasteiger partial charge in [-0.25, -0.2) is 14.2 Å². The van der Waals surface area contributed by atoms with Crippen LogP contribution in [0.25, 0.3) is 10.2 Å². The van der Waals surface area contributed by atoms with E-state index < -0.39 is 11.8 Å². The summed E-state index contributed by atoms with van der Waals surface area (Å²) in [7, 11) is 0. The number of rotatable bonds is 1. The predicted molar refractivity (Wildman–Crippen MR) is 55.7 cm³/mol. The molecule has 1 aromatic heterocycles. The summed E-state index contributed by atoms with van der Waals surface area (Å²) in [5, 5.41) is 9.07. The SMILES string of the molecule is Cc1c(C(=O)O)cc2sc(N)nc2c1F. The average Bonchev–Trinajstić information content (AvgIpc) is 2.52. The molecule has 0 unspecified atom stereocenters. The molecule has 1 aromatic carbocycles. The Bertz CT molecular complexity index is 565. The number of halogens is 1. The van der Waals surface area contributed by atoms with Crippen LogP contribution in [0.1, 0.15) is 15.9 Å². The molecule has 0 bridgehead atoms. The first-order chi connectivity index (χ1) is 7.00. The van der Waals surface area contributed by atoms with Crippen molar-refractivity contribution in [2.45, 2.75) is 6.92 Å². The Balaban J connectivity index is 2.87. The van der Waals surface area contributed by atoms with Crippen molar-refractivity contribution >= 4 is 32.7 Å². The molecule has 2 aromatic rings. The molecule has 0 fully saturated rings. The molecule has 0 atom stereocenters. The van der Waals surface area contributed by atoms with E-state index in [2.05, 4.69) is 4.98 Å². The summed E-state index contributed by atoms with van der Waals surface area (Å²) in [4.78, 5) is 14.6. The highest BCUT2D eigenvalue weighted by Gasteiger charge is 2.17. The highest BCUT2D eigenvalue weighted by molar-refractivity contribution is 7.22. The number of nitrogens with two attached hydrogens (primary N) is 1. The highest BCUT2D eigenvalue weighted by atomic mass is 32.1. The predicted octanol–water partition coefficient (Wildman–Crippen LogP) is 2.02. The van der Waals surface area contributed by atoms with Gasteiger partial charge >= 0.3 is 5.97 Å². The molecule has 0 saturated carbocycles. The summed E-state index contributed by atoms with van der Waals surface area (Å²) in [6.07, 6.45) is 0. The highest BCUT2D eigenvalue weighted by Crippen LogP contribution is 2.29. The molecule has 0 radical (unpaired) electrons. The third kappa shape index (κ3) is 1.42. The first-order valence-electron chi connectivity index (χ1n) is 4.09. The van der Waals surface area contributed by atoms with Gasteiger partial charge in [0.25, 0.3) is 0 Å². The monoisotopic (exact) mass is 226 g/mol. The van der Waals surface area contributed by atoms with E-state index in [0.717, 1.165) is 11.3 Å². The normalized spacial score (nSPS) is 10.8. The second-order valence-corrected chi connectivity index (χ2v) is 4.13. The van der Waals surface area contributed by atoms with E-state index in [0.29, 0.717) is 4.70 Å². The number of nitrogen functional groups attached to an aromatic ring is 1. The molecule has 1 heterocycles. The average molecular weight is 226 g/mol. The Hall–Kier alpha value is -1.69. The molecule has 0 saturated heterocycles. The lowest BCUT2D eigenvalue weighted by atomic mass is 10.1. The van der Waals surface area contributed by atoms with Gasteiger partial charge in [-0.3, -0.25) is 0 Å². The van der Waals surface area contributed by atoms with Gasteiger partial charge < -0.3 is 10.8 Å². The molecular formula is C9H7FN2O2S. The lowest BCUT2D eigenvalue weighted by Gasteiger charge is -2.01. The number of anilines is 1. The van der Waals surface area contributed by atoms with E-state index in [1.807, 2.05) is 0 Å². The number of aromatic nitrogens is 1. The van der Waals surface area contributed by atoms with Crippen molar-refractivity contribution in [2.75, 3.05) is 5.73 Å². The van der Waals surface area contributed by atoms with Gasteiger partial charge in [-0.05, 0) is 13.0 Å². The van der Waals surface area contributed by atoms with Gasteiger partial charge in [0, 0.05) is 5.56 Å². The number of hydrogen-bond acceptors (Lipinski definition) is 4. The van der Waals surface area contributed by atoms with Crippen LogP contribution in [-0.4, -0.2) is 16.1 Å². The zero-order valence-corrected chi connectivity index (χ0v) is 8.56. The van der Waals surface area contributed by atoms with Crippen molar-refractivity contribution < 1.29 is 14.3 Å². The van der Waals surface area contributed by atoms with Crippen LogP contribution in [0.3, 0.4) is 0 Å². The number of benzene rings is 1. The summed E-state index contributed by atoms with van der Waals surface area (Å²) in [5.41, 5.74) is 5.60. The fourth-order valence-electron chi connectivity index (χ4n) is 1.36. The van der Waals surface area contributed by atoms with Crippen LogP contribution in [-0.2, 0) is 0 Å². The van der Waals surface area contributed by atoms with Gasteiger partial charge in [-0.1, -0.05) is 11.3 Å². The molecule has 6 heteroatoms. The van der Waals surface area contributed by atoms with E-state index >= 15 is 0 Å². The molecule has 78 valence electrons. The van der Waals surface area contributed by atoms with E-state index in [-0.39, 0.29) is 21.8 Å². The van der Waals surface area contributed by atoms with Crippen molar-refractivity contribution in [2.24, 2.45) is 0 Å². The summed E-state index contributed by atoms with van der Waals surface area (Å²) < 4.78 is 14.1. The quantitative estimate of drug-likeness (QED) is 0.780. The van der Waals surface area contributed by atoms with E-state index in [4.69, 9.17) is 10.8 Å². The maximum atomic E-state index is 13.7. The molecule has 15 heavy (non-hydrogen) atoms. The molecular weight excluding hydrogens is 219 g/mol. The van der Waals surface area contributed by atoms with Gasteiger partial charge in [0.15, 0.2) is 10.9 Å². The molecule has 0 spiro atoms. The lowest BCUT2D eigenvalue weighted by molar-refractivity contribution is 0.0695.